The molecule has 1 N–H and O–H groups in total. The average Bonchev–Trinajstić information content (AvgIpc) is 2.03. The lowest BCUT2D eigenvalue weighted by Crippen LogP contribution is -2.18. The topological polar surface area (TPSA) is 29.5 Å². The highest BCUT2D eigenvalue weighted by Gasteiger charge is 2.14. The molecule has 65 valence electrons. The Morgan fingerprint density at radius 1 is 1.36 bits per heavy atom. The number of hydrogen-bond acceptors (Lipinski definition) is 2. The van der Waals surface area contributed by atoms with Crippen LogP contribution in [-0.4, -0.2) is 17.3 Å². The summed E-state index contributed by atoms with van der Waals surface area (Å²) in [6, 6.07) is 0. The number of aliphatic hydroxyl groups excluding tert-OH is 1. The first-order valence-corrected chi connectivity index (χ1v) is 4.46. The molecular formula is C9H17O2. The van der Waals surface area contributed by atoms with Crippen molar-refractivity contribution in [1.29, 1.82) is 0 Å². The molecule has 1 unspecified atom stereocenters. The summed E-state index contributed by atoms with van der Waals surface area (Å²) in [6.45, 7) is 3.25. The van der Waals surface area contributed by atoms with Crippen LogP contribution in [0.4, 0.5) is 0 Å². The number of aliphatic hydroxyl groups is 1. The van der Waals surface area contributed by atoms with Gasteiger partial charge in [0.15, 0.2) is 0 Å². The molecule has 0 aromatic heterocycles. The number of rotatable bonds is 3. The van der Waals surface area contributed by atoms with Crippen LogP contribution >= 0.6 is 0 Å². The maximum atomic E-state index is 8.90. The third-order valence-electron chi connectivity index (χ3n) is 2.02. The van der Waals surface area contributed by atoms with Crippen LogP contribution in [0.15, 0.2) is 0 Å². The van der Waals surface area contributed by atoms with E-state index in [1.54, 1.807) is 6.92 Å². The van der Waals surface area contributed by atoms with Crippen molar-refractivity contribution in [2.75, 3.05) is 0 Å². The third-order valence-corrected chi connectivity index (χ3v) is 2.02. The van der Waals surface area contributed by atoms with Gasteiger partial charge in [0, 0.05) is 0 Å². The van der Waals surface area contributed by atoms with E-state index in [-0.39, 0.29) is 0 Å². The molecule has 1 aliphatic rings. The molecule has 0 aromatic carbocycles. The van der Waals surface area contributed by atoms with Crippen molar-refractivity contribution in [2.45, 2.75) is 51.2 Å². The summed E-state index contributed by atoms with van der Waals surface area (Å²) in [7, 11) is 0. The van der Waals surface area contributed by atoms with Crippen molar-refractivity contribution in [3.63, 3.8) is 0 Å². The molecule has 1 rings (SSSR count). The van der Waals surface area contributed by atoms with E-state index in [9.17, 15) is 0 Å². The monoisotopic (exact) mass is 157 g/mol. The molecule has 1 atom stereocenters. The van der Waals surface area contributed by atoms with Crippen molar-refractivity contribution in [1.82, 2.24) is 0 Å². The molecule has 0 spiro atoms. The molecule has 2 nitrogen and oxygen atoms in total. The Morgan fingerprint density at radius 3 is 2.55 bits per heavy atom. The van der Waals surface area contributed by atoms with Gasteiger partial charge in [-0.25, -0.2) is 0 Å². The highest BCUT2D eigenvalue weighted by atomic mass is 16.5. The molecule has 0 heterocycles. The second-order valence-electron chi connectivity index (χ2n) is 3.27. The van der Waals surface area contributed by atoms with E-state index in [0.29, 0.717) is 6.10 Å². The summed E-state index contributed by atoms with van der Waals surface area (Å²) in [6.07, 6.45) is 6.15. The second-order valence-corrected chi connectivity index (χ2v) is 3.27. The minimum atomic E-state index is -0.433. The van der Waals surface area contributed by atoms with E-state index < -0.39 is 6.10 Å². The first kappa shape index (κ1) is 9.01. The highest BCUT2D eigenvalue weighted by Crippen LogP contribution is 2.20. The van der Waals surface area contributed by atoms with Crippen LogP contribution in [0.3, 0.4) is 0 Å². The Labute approximate surface area is 68.6 Å². The maximum Gasteiger partial charge on any atom is 0.112 e. The fraction of sp³-hybridized carbons (Fsp3) is 0.889. The van der Waals surface area contributed by atoms with Crippen LogP contribution < -0.4 is 0 Å². The smallest absolute Gasteiger partial charge is 0.112 e. The lowest BCUT2D eigenvalue weighted by Gasteiger charge is -2.22. The normalized spacial score (nSPS) is 23.5. The van der Waals surface area contributed by atoms with Crippen LogP contribution in [0.25, 0.3) is 0 Å². The van der Waals surface area contributed by atoms with E-state index in [0.717, 1.165) is 12.8 Å². The third kappa shape index (κ3) is 3.73. The van der Waals surface area contributed by atoms with Crippen LogP contribution in [0.1, 0.15) is 39.0 Å². The Hall–Kier alpha value is -0.0800. The second kappa shape index (κ2) is 4.73. The quantitative estimate of drug-likeness (QED) is 0.677. The molecule has 0 saturated heterocycles. The molecule has 1 saturated carbocycles. The Bertz CT molecular complexity index is 95.7. The van der Waals surface area contributed by atoms with Crippen molar-refractivity contribution in [3.8, 4) is 0 Å². The molecule has 0 aliphatic heterocycles. The maximum absolute atomic E-state index is 8.90. The van der Waals surface area contributed by atoms with Gasteiger partial charge in [-0.2, -0.15) is 0 Å². The Morgan fingerprint density at radius 2 is 2.00 bits per heavy atom. The van der Waals surface area contributed by atoms with Gasteiger partial charge in [0.05, 0.1) is 12.2 Å². The van der Waals surface area contributed by atoms with Crippen LogP contribution in [0.5, 0.6) is 0 Å². The summed E-state index contributed by atoms with van der Waals surface area (Å²) in [5.74, 6) is 0. The molecule has 1 radical (unpaired) electrons. The summed E-state index contributed by atoms with van der Waals surface area (Å²) in [4.78, 5) is 0. The molecule has 11 heavy (non-hydrogen) atoms. The predicted molar refractivity (Wildman–Crippen MR) is 43.9 cm³/mol. The van der Waals surface area contributed by atoms with Gasteiger partial charge in [0.25, 0.3) is 0 Å². The fourth-order valence-corrected chi connectivity index (χ4v) is 1.43. The SMILES string of the molecule is CC(O)[CH]OC1CCCCC1. The summed E-state index contributed by atoms with van der Waals surface area (Å²) in [5, 5.41) is 8.90. The van der Waals surface area contributed by atoms with Gasteiger partial charge in [0.1, 0.15) is 6.61 Å². The molecule has 1 aliphatic carbocycles. The van der Waals surface area contributed by atoms with E-state index in [2.05, 4.69) is 0 Å². The first-order valence-electron chi connectivity index (χ1n) is 4.46. The highest BCUT2D eigenvalue weighted by molar-refractivity contribution is 4.69. The van der Waals surface area contributed by atoms with Gasteiger partial charge in [-0.1, -0.05) is 19.3 Å². The largest absolute Gasteiger partial charge is 0.391 e. The van der Waals surface area contributed by atoms with Crippen molar-refractivity contribution in [2.24, 2.45) is 0 Å². The van der Waals surface area contributed by atoms with Gasteiger partial charge in [0.2, 0.25) is 0 Å². The number of hydrogen-bond donors (Lipinski definition) is 1. The molecule has 2 heteroatoms. The van der Waals surface area contributed by atoms with Crippen LogP contribution in [0, 0.1) is 6.61 Å². The van der Waals surface area contributed by atoms with Gasteiger partial charge < -0.3 is 9.84 Å². The molecule has 1 fully saturated rings. The summed E-state index contributed by atoms with van der Waals surface area (Å²) >= 11 is 0. The Kier molecular flexibility index (Phi) is 3.87. The molecular weight excluding hydrogens is 140 g/mol. The van der Waals surface area contributed by atoms with Crippen molar-refractivity contribution in [3.05, 3.63) is 6.61 Å². The van der Waals surface area contributed by atoms with Gasteiger partial charge in [-0.3, -0.25) is 0 Å². The van der Waals surface area contributed by atoms with Crippen molar-refractivity contribution >= 4 is 0 Å². The standard InChI is InChI=1S/C9H17O2/c1-8(10)7-11-9-5-3-2-4-6-9/h7-10H,2-6H2,1H3. The van der Waals surface area contributed by atoms with E-state index in [1.807, 2.05) is 0 Å². The zero-order chi connectivity index (χ0) is 8.10. The van der Waals surface area contributed by atoms with E-state index in [4.69, 9.17) is 9.84 Å². The van der Waals surface area contributed by atoms with Gasteiger partial charge in [-0.15, -0.1) is 0 Å². The Balaban J connectivity index is 2.05. The zero-order valence-electron chi connectivity index (χ0n) is 7.12. The molecule has 0 amide bonds. The minimum absolute atomic E-state index is 0.373. The van der Waals surface area contributed by atoms with E-state index in [1.165, 1.54) is 25.9 Å². The van der Waals surface area contributed by atoms with Crippen molar-refractivity contribution < 1.29 is 9.84 Å². The average molecular weight is 157 g/mol. The lowest BCUT2D eigenvalue weighted by molar-refractivity contribution is 0.0299. The number of ether oxygens (including phenoxy) is 1. The zero-order valence-corrected chi connectivity index (χ0v) is 7.12. The van der Waals surface area contributed by atoms with Crippen LogP contribution in [0.2, 0.25) is 0 Å². The predicted octanol–water partition coefficient (Wildman–Crippen LogP) is 1.88. The lowest BCUT2D eigenvalue weighted by atomic mass is 9.98. The summed E-state index contributed by atoms with van der Waals surface area (Å²) in [5.41, 5.74) is 0. The molecule has 0 bridgehead atoms. The minimum Gasteiger partial charge on any atom is -0.391 e. The van der Waals surface area contributed by atoms with Crippen LogP contribution in [-0.2, 0) is 4.74 Å². The first-order chi connectivity index (χ1) is 5.29. The van der Waals surface area contributed by atoms with Gasteiger partial charge >= 0.3 is 0 Å². The van der Waals surface area contributed by atoms with E-state index >= 15 is 0 Å². The fourth-order valence-electron chi connectivity index (χ4n) is 1.43. The molecule has 0 aromatic rings. The summed E-state index contributed by atoms with van der Waals surface area (Å²) < 4.78 is 5.37. The van der Waals surface area contributed by atoms with Gasteiger partial charge in [-0.05, 0) is 19.8 Å².